The first-order valence-electron chi connectivity index (χ1n) is 7.99. The molecule has 21 heavy (non-hydrogen) atoms. The molecule has 0 aliphatic heterocycles. The molecule has 3 nitrogen and oxygen atoms in total. The van der Waals surface area contributed by atoms with E-state index in [-0.39, 0.29) is 5.41 Å². The molecule has 1 fully saturated rings. The van der Waals surface area contributed by atoms with Crippen LogP contribution in [0.15, 0.2) is 24.3 Å². The van der Waals surface area contributed by atoms with E-state index in [2.05, 4.69) is 31.0 Å². The van der Waals surface area contributed by atoms with Gasteiger partial charge in [0.15, 0.2) is 0 Å². The Kier molecular flexibility index (Phi) is 5.65. The predicted octanol–water partition coefficient (Wildman–Crippen LogP) is 3.32. The molecule has 0 atom stereocenters. The normalized spacial score (nSPS) is 26.0. The van der Waals surface area contributed by atoms with Crippen molar-refractivity contribution in [1.82, 2.24) is 4.90 Å². The van der Waals surface area contributed by atoms with Gasteiger partial charge >= 0.3 is 0 Å². The number of ether oxygens (including phenoxy) is 1. The molecule has 0 radical (unpaired) electrons. The minimum Gasteiger partial charge on any atom is -0.497 e. The Bertz CT molecular complexity index is 439. The van der Waals surface area contributed by atoms with Crippen LogP contribution in [0.5, 0.6) is 5.75 Å². The van der Waals surface area contributed by atoms with E-state index in [1.807, 2.05) is 12.1 Å². The highest BCUT2D eigenvalue weighted by atomic mass is 16.5. The highest BCUT2D eigenvalue weighted by Crippen LogP contribution is 2.39. The van der Waals surface area contributed by atoms with Crippen molar-refractivity contribution in [3.8, 4) is 5.75 Å². The minimum absolute atomic E-state index is 0.0973. The van der Waals surface area contributed by atoms with Gasteiger partial charge in [-0.05, 0) is 43.5 Å². The molecular formula is C18H29NO2. The maximum atomic E-state index is 9.88. The van der Waals surface area contributed by atoms with Crippen LogP contribution in [0.2, 0.25) is 0 Å². The van der Waals surface area contributed by atoms with Crippen molar-refractivity contribution >= 4 is 0 Å². The molecule has 118 valence electrons. The highest BCUT2D eigenvalue weighted by Gasteiger charge is 2.34. The lowest BCUT2D eigenvalue weighted by Gasteiger charge is -2.40. The zero-order chi connectivity index (χ0) is 15.3. The van der Waals surface area contributed by atoms with E-state index >= 15 is 0 Å². The van der Waals surface area contributed by atoms with Crippen LogP contribution in [-0.4, -0.2) is 37.3 Å². The van der Waals surface area contributed by atoms with Gasteiger partial charge in [-0.15, -0.1) is 0 Å². The number of rotatable bonds is 6. The molecule has 0 aromatic heterocycles. The number of aliphatic hydroxyl groups excluding tert-OH is 1. The molecule has 1 saturated carbocycles. The average Bonchev–Trinajstić information content (AvgIpc) is 2.50. The Morgan fingerprint density at radius 1 is 1.33 bits per heavy atom. The van der Waals surface area contributed by atoms with Crippen LogP contribution in [0.3, 0.4) is 0 Å². The van der Waals surface area contributed by atoms with Gasteiger partial charge in [0.25, 0.3) is 0 Å². The Labute approximate surface area is 128 Å². The first-order chi connectivity index (χ1) is 10.1. The lowest BCUT2D eigenvalue weighted by atomic mass is 9.71. The fourth-order valence-corrected chi connectivity index (χ4v) is 3.45. The fourth-order valence-electron chi connectivity index (χ4n) is 3.45. The lowest BCUT2D eigenvalue weighted by Crippen LogP contribution is -2.40. The molecule has 1 aliphatic carbocycles. The van der Waals surface area contributed by atoms with Gasteiger partial charge in [0.2, 0.25) is 0 Å². The van der Waals surface area contributed by atoms with Crippen LogP contribution in [-0.2, 0) is 6.54 Å². The predicted molar refractivity (Wildman–Crippen MR) is 86.5 cm³/mol. The third-order valence-corrected chi connectivity index (χ3v) is 4.86. The molecule has 0 unspecified atom stereocenters. The molecule has 1 aromatic carbocycles. The summed E-state index contributed by atoms with van der Waals surface area (Å²) >= 11 is 0. The van der Waals surface area contributed by atoms with E-state index in [4.69, 9.17) is 4.74 Å². The minimum atomic E-state index is 0.0973. The molecule has 0 heterocycles. The van der Waals surface area contributed by atoms with E-state index in [1.165, 1.54) is 18.4 Å². The average molecular weight is 291 g/mol. The number of hydrogen-bond donors (Lipinski definition) is 1. The summed E-state index contributed by atoms with van der Waals surface area (Å²) in [4.78, 5) is 2.33. The number of methoxy groups -OCH3 is 1. The second-order valence-corrected chi connectivity index (χ2v) is 6.86. The summed E-state index contributed by atoms with van der Waals surface area (Å²) in [5.74, 6) is 1.72. The Morgan fingerprint density at radius 3 is 2.67 bits per heavy atom. The van der Waals surface area contributed by atoms with Crippen molar-refractivity contribution < 1.29 is 9.84 Å². The molecule has 1 aromatic rings. The highest BCUT2D eigenvalue weighted by molar-refractivity contribution is 5.28. The third kappa shape index (κ3) is 4.45. The lowest BCUT2D eigenvalue weighted by molar-refractivity contribution is 0.0346. The summed E-state index contributed by atoms with van der Waals surface area (Å²) in [5.41, 5.74) is 1.36. The summed E-state index contributed by atoms with van der Waals surface area (Å²) in [7, 11) is 3.85. The summed E-state index contributed by atoms with van der Waals surface area (Å²) < 4.78 is 5.28. The second-order valence-electron chi connectivity index (χ2n) is 6.86. The molecule has 2 rings (SSSR count). The molecule has 3 heteroatoms. The fraction of sp³-hybridized carbons (Fsp3) is 0.667. The standard InChI is InChI=1S/C18H29NO2/c1-15-7-9-18(14-20,10-8-15)13-19(2)12-16-5-4-6-17(11-16)21-3/h4-6,11,15,20H,7-10,12-14H2,1-3H3. The van der Waals surface area contributed by atoms with Gasteiger partial charge in [0.1, 0.15) is 5.75 Å². The van der Waals surface area contributed by atoms with Crippen molar-refractivity contribution in [3.63, 3.8) is 0 Å². The summed E-state index contributed by atoms with van der Waals surface area (Å²) in [6, 6.07) is 8.23. The second kappa shape index (κ2) is 7.28. The maximum absolute atomic E-state index is 9.88. The third-order valence-electron chi connectivity index (χ3n) is 4.86. The van der Waals surface area contributed by atoms with Crippen molar-refractivity contribution in [2.45, 2.75) is 39.2 Å². The van der Waals surface area contributed by atoms with Crippen LogP contribution in [0, 0.1) is 11.3 Å². The van der Waals surface area contributed by atoms with Gasteiger partial charge in [-0.25, -0.2) is 0 Å². The summed E-state index contributed by atoms with van der Waals surface area (Å²) in [6.07, 6.45) is 4.78. The monoisotopic (exact) mass is 291 g/mol. The van der Waals surface area contributed by atoms with Crippen LogP contribution in [0.4, 0.5) is 0 Å². The molecule has 1 aliphatic rings. The topological polar surface area (TPSA) is 32.7 Å². The van der Waals surface area contributed by atoms with E-state index in [0.29, 0.717) is 6.61 Å². The van der Waals surface area contributed by atoms with Crippen LogP contribution < -0.4 is 4.74 Å². The SMILES string of the molecule is COc1cccc(CN(C)CC2(CO)CCC(C)CC2)c1. The van der Waals surface area contributed by atoms with Crippen LogP contribution in [0.25, 0.3) is 0 Å². The molecule has 1 N–H and O–H groups in total. The number of hydrogen-bond acceptors (Lipinski definition) is 3. The molecular weight excluding hydrogens is 262 g/mol. The van der Waals surface area contributed by atoms with E-state index in [9.17, 15) is 5.11 Å². The smallest absolute Gasteiger partial charge is 0.119 e. The van der Waals surface area contributed by atoms with E-state index in [1.54, 1.807) is 7.11 Å². The largest absolute Gasteiger partial charge is 0.497 e. The molecule has 0 spiro atoms. The Morgan fingerprint density at radius 2 is 2.05 bits per heavy atom. The van der Waals surface area contributed by atoms with Crippen LogP contribution in [0.1, 0.15) is 38.2 Å². The van der Waals surface area contributed by atoms with Crippen molar-refractivity contribution in [2.24, 2.45) is 11.3 Å². The Hall–Kier alpha value is -1.06. The molecule has 0 bridgehead atoms. The van der Waals surface area contributed by atoms with Gasteiger partial charge in [-0.2, -0.15) is 0 Å². The summed E-state index contributed by atoms with van der Waals surface area (Å²) in [5, 5.41) is 9.88. The van der Waals surface area contributed by atoms with E-state index < -0.39 is 0 Å². The quantitative estimate of drug-likeness (QED) is 0.873. The zero-order valence-corrected chi connectivity index (χ0v) is 13.6. The Balaban J connectivity index is 1.94. The number of benzene rings is 1. The summed E-state index contributed by atoms with van der Waals surface area (Å²) in [6.45, 7) is 4.49. The molecule has 0 amide bonds. The maximum Gasteiger partial charge on any atom is 0.119 e. The van der Waals surface area contributed by atoms with Gasteiger partial charge in [-0.3, -0.25) is 0 Å². The van der Waals surface area contributed by atoms with Gasteiger partial charge in [-0.1, -0.05) is 31.9 Å². The van der Waals surface area contributed by atoms with Crippen molar-refractivity contribution in [1.29, 1.82) is 0 Å². The first kappa shape index (κ1) is 16.3. The van der Waals surface area contributed by atoms with E-state index in [0.717, 1.165) is 37.6 Å². The van der Waals surface area contributed by atoms with Gasteiger partial charge in [0.05, 0.1) is 7.11 Å². The van der Waals surface area contributed by atoms with Crippen molar-refractivity contribution in [3.05, 3.63) is 29.8 Å². The molecule has 0 saturated heterocycles. The number of nitrogens with zero attached hydrogens (tertiary/aromatic N) is 1. The zero-order valence-electron chi connectivity index (χ0n) is 13.6. The first-order valence-corrected chi connectivity index (χ1v) is 7.99. The number of aliphatic hydroxyl groups is 1. The van der Waals surface area contributed by atoms with Crippen molar-refractivity contribution in [2.75, 3.05) is 27.3 Å². The van der Waals surface area contributed by atoms with Crippen LogP contribution >= 0.6 is 0 Å². The van der Waals surface area contributed by atoms with Gasteiger partial charge in [0, 0.05) is 25.1 Å². The van der Waals surface area contributed by atoms with Gasteiger partial charge < -0.3 is 14.7 Å².